The molecule has 0 radical (unpaired) electrons. The number of amides is 1. The molecule has 1 saturated heterocycles. The second-order valence-electron chi connectivity index (χ2n) is 7.88. The summed E-state index contributed by atoms with van der Waals surface area (Å²) < 4.78 is 0. The first-order chi connectivity index (χ1) is 11.3. The Kier molecular flexibility index (Phi) is 6.35. The highest BCUT2D eigenvalue weighted by Gasteiger charge is 2.32. The average Bonchev–Trinajstić information content (AvgIpc) is 3.10. The fourth-order valence-electron chi connectivity index (χ4n) is 4.88. The van der Waals surface area contributed by atoms with E-state index < -0.39 is 0 Å². The number of piperazine rings is 1. The van der Waals surface area contributed by atoms with Crippen molar-refractivity contribution in [1.29, 1.82) is 0 Å². The highest BCUT2D eigenvalue weighted by Crippen LogP contribution is 2.27. The van der Waals surface area contributed by atoms with Gasteiger partial charge in [-0.2, -0.15) is 0 Å². The van der Waals surface area contributed by atoms with Gasteiger partial charge in [0.05, 0.1) is 6.54 Å². The van der Waals surface area contributed by atoms with Crippen molar-refractivity contribution in [2.75, 3.05) is 26.2 Å². The third-order valence-electron chi connectivity index (χ3n) is 6.21. The van der Waals surface area contributed by atoms with Crippen molar-refractivity contribution >= 4 is 5.91 Å². The summed E-state index contributed by atoms with van der Waals surface area (Å²) >= 11 is 0. The van der Waals surface area contributed by atoms with Gasteiger partial charge in [-0.3, -0.25) is 14.6 Å². The lowest BCUT2D eigenvalue weighted by Gasteiger charge is -2.44. The Morgan fingerprint density at radius 2 is 1.70 bits per heavy atom. The summed E-state index contributed by atoms with van der Waals surface area (Å²) in [5.74, 6) is 0.251. The maximum atomic E-state index is 12.3. The molecule has 3 aliphatic rings. The minimum Gasteiger partial charge on any atom is -0.352 e. The van der Waals surface area contributed by atoms with Crippen LogP contribution >= 0.6 is 0 Å². The van der Waals surface area contributed by atoms with Crippen LogP contribution in [0.2, 0.25) is 0 Å². The second kappa shape index (κ2) is 8.48. The number of hydrogen-bond acceptors (Lipinski definition) is 3. The van der Waals surface area contributed by atoms with E-state index in [9.17, 15) is 4.79 Å². The van der Waals surface area contributed by atoms with Crippen molar-refractivity contribution in [1.82, 2.24) is 15.1 Å². The summed E-state index contributed by atoms with van der Waals surface area (Å²) in [6.07, 6.45) is 13.1. The maximum absolute atomic E-state index is 12.3. The Balaban J connectivity index is 1.44. The first kappa shape index (κ1) is 17.2. The van der Waals surface area contributed by atoms with Crippen LogP contribution < -0.4 is 5.32 Å². The van der Waals surface area contributed by atoms with Crippen LogP contribution in [0.3, 0.4) is 0 Å². The van der Waals surface area contributed by atoms with E-state index in [2.05, 4.69) is 22.0 Å². The second-order valence-corrected chi connectivity index (χ2v) is 7.88. The molecule has 4 nitrogen and oxygen atoms in total. The van der Waals surface area contributed by atoms with Gasteiger partial charge in [0, 0.05) is 37.8 Å². The predicted octanol–water partition coefficient (Wildman–Crippen LogP) is 2.77. The van der Waals surface area contributed by atoms with Crippen LogP contribution in [0.1, 0.15) is 71.1 Å². The third kappa shape index (κ3) is 4.69. The molecule has 2 aliphatic carbocycles. The van der Waals surface area contributed by atoms with Crippen molar-refractivity contribution in [2.24, 2.45) is 0 Å². The van der Waals surface area contributed by atoms with Gasteiger partial charge >= 0.3 is 0 Å². The molecule has 1 aliphatic heterocycles. The molecular formula is C19H35N3O. The molecule has 0 bridgehead atoms. The van der Waals surface area contributed by atoms with Crippen LogP contribution in [0.5, 0.6) is 0 Å². The fraction of sp³-hybridized carbons (Fsp3) is 0.947. The lowest BCUT2D eigenvalue weighted by Crippen LogP contribution is -2.57. The molecule has 0 aromatic rings. The Hall–Kier alpha value is -0.610. The van der Waals surface area contributed by atoms with E-state index in [4.69, 9.17) is 0 Å². The lowest BCUT2D eigenvalue weighted by molar-refractivity contribution is -0.124. The van der Waals surface area contributed by atoms with Crippen molar-refractivity contribution in [3.8, 4) is 0 Å². The van der Waals surface area contributed by atoms with Gasteiger partial charge in [-0.15, -0.1) is 0 Å². The van der Waals surface area contributed by atoms with E-state index in [1.165, 1.54) is 64.2 Å². The zero-order valence-electron chi connectivity index (χ0n) is 14.9. The monoisotopic (exact) mass is 321 g/mol. The quantitative estimate of drug-likeness (QED) is 0.846. The van der Waals surface area contributed by atoms with E-state index in [-0.39, 0.29) is 5.91 Å². The number of carbonyl (C=O) groups is 1. The van der Waals surface area contributed by atoms with Crippen molar-refractivity contribution in [2.45, 2.75) is 89.3 Å². The van der Waals surface area contributed by atoms with Crippen LogP contribution in [-0.4, -0.2) is 60.0 Å². The molecule has 1 atom stereocenters. The summed E-state index contributed by atoms with van der Waals surface area (Å²) in [5, 5.41) is 3.27. The lowest BCUT2D eigenvalue weighted by atomic mass is 9.95. The van der Waals surface area contributed by atoms with Gasteiger partial charge in [-0.1, -0.05) is 39.0 Å². The topological polar surface area (TPSA) is 35.6 Å². The standard InChI is InChI=1S/C19H35N3O/c1-2-17-14-21(12-13-22(17)18-10-6-7-11-18)15-19(23)20-16-8-4-3-5-9-16/h16-18H,2-15H2,1H3,(H,20,23). The molecule has 3 fully saturated rings. The maximum Gasteiger partial charge on any atom is 0.234 e. The number of nitrogens with zero attached hydrogens (tertiary/aromatic N) is 2. The highest BCUT2D eigenvalue weighted by molar-refractivity contribution is 5.78. The minimum atomic E-state index is 0.251. The average molecular weight is 322 g/mol. The molecule has 0 aromatic carbocycles. The van der Waals surface area contributed by atoms with Gasteiger partial charge in [0.15, 0.2) is 0 Å². The zero-order valence-corrected chi connectivity index (χ0v) is 14.9. The van der Waals surface area contributed by atoms with Crippen LogP contribution in [0, 0.1) is 0 Å². The number of rotatable bonds is 5. The van der Waals surface area contributed by atoms with Crippen LogP contribution in [0.4, 0.5) is 0 Å². The molecule has 132 valence electrons. The van der Waals surface area contributed by atoms with Gasteiger partial charge in [-0.05, 0) is 32.1 Å². The van der Waals surface area contributed by atoms with Crippen LogP contribution in [0.15, 0.2) is 0 Å². The van der Waals surface area contributed by atoms with Crippen LogP contribution in [0.25, 0.3) is 0 Å². The summed E-state index contributed by atoms with van der Waals surface area (Å²) in [6.45, 7) is 6.19. The Bertz CT molecular complexity index is 375. The minimum absolute atomic E-state index is 0.251. The largest absolute Gasteiger partial charge is 0.352 e. The summed E-state index contributed by atoms with van der Waals surface area (Å²) in [6, 6.07) is 1.91. The third-order valence-corrected chi connectivity index (χ3v) is 6.21. The molecule has 23 heavy (non-hydrogen) atoms. The summed E-state index contributed by atoms with van der Waals surface area (Å²) in [7, 11) is 0. The normalized spacial score (nSPS) is 29.0. The summed E-state index contributed by atoms with van der Waals surface area (Å²) in [5.41, 5.74) is 0. The van der Waals surface area contributed by atoms with E-state index in [1.807, 2.05) is 0 Å². The van der Waals surface area contributed by atoms with Gasteiger partial charge in [0.2, 0.25) is 5.91 Å². The van der Waals surface area contributed by atoms with E-state index in [1.54, 1.807) is 0 Å². The SMILES string of the molecule is CCC1CN(CC(=O)NC2CCCCC2)CCN1C1CCCC1. The molecule has 1 amide bonds. The molecule has 3 rings (SSSR count). The Morgan fingerprint density at radius 1 is 1.00 bits per heavy atom. The highest BCUT2D eigenvalue weighted by atomic mass is 16.2. The first-order valence-corrected chi connectivity index (χ1v) is 10.0. The van der Waals surface area contributed by atoms with Gasteiger partial charge in [-0.25, -0.2) is 0 Å². The van der Waals surface area contributed by atoms with Gasteiger partial charge in [0.1, 0.15) is 0 Å². The first-order valence-electron chi connectivity index (χ1n) is 10.0. The summed E-state index contributed by atoms with van der Waals surface area (Å²) in [4.78, 5) is 17.5. The van der Waals surface area contributed by atoms with Crippen molar-refractivity contribution < 1.29 is 4.79 Å². The molecular weight excluding hydrogens is 286 g/mol. The van der Waals surface area contributed by atoms with Gasteiger partial charge < -0.3 is 5.32 Å². The Morgan fingerprint density at radius 3 is 2.39 bits per heavy atom. The fourth-order valence-corrected chi connectivity index (χ4v) is 4.88. The number of hydrogen-bond donors (Lipinski definition) is 1. The molecule has 0 aromatic heterocycles. The van der Waals surface area contributed by atoms with E-state index in [0.717, 1.165) is 25.7 Å². The Labute approximate surface area is 142 Å². The predicted molar refractivity (Wildman–Crippen MR) is 94.5 cm³/mol. The smallest absolute Gasteiger partial charge is 0.234 e. The van der Waals surface area contributed by atoms with E-state index >= 15 is 0 Å². The molecule has 1 heterocycles. The zero-order chi connectivity index (χ0) is 16.1. The molecule has 2 saturated carbocycles. The number of nitrogens with one attached hydrogen (secondary N) is 1. The van der Waals surface area contributed by atoms with Crippen molar-refractivity contribution in [3.63, 3.8) is 0 Å². The van der Waals surface area contributed by atoms with Gasteiger partial charge in [0.25, 0.3) is 0 Å². The van der Waals surface area contributed by atoms with E-state index in [0.29, 0.717) is 18.6 Å². The molecule has 1 unspecified atom stereocenters. The molecule has 4 heteroatoms. The van der Waals surface area contributed by atoms with Crippen molar-refractivity contribution in [3.05, 3.63) is 0 Å². The molecule has 0 spiro atoms. The molecule has 1 N–H and O–H groups in total. The van der Waals surface area contributed by atoms with Crippen LogP contribution in [-0.2, 0) is 4.79 Å². The number of carbonyl (C=O) groups excluding carboxylic acids is 1.